The third kappa shape index (κ3) is 2.87. The fourth-order valence-corrected chi connectivity index (χ4v) is 1.93. The lowest BCUT2D eigenvalue weighted by Gasteiger charge is -2.19. The molecule has 2 aromatic rings. The summed E-state index contributed by atoms with van der Waals surface area (Å²) < 4.78 is 0. The van der Waals surface area contributed by atoms with Crippen LogP contribution in [0.15, 0.2) is 42.7 Å². The number of aromatic nitrogens is 1. The smallest absolute Gasteiger partial charge is 0.151 e. The summed E-state index contributed by atoms with van der Waals surface area (Å²) in [4.78, 5) is 16.8. The number of carbonyl (C=O) groups is 1. The van der Waals surface area contributed by atoms with Gasteiger partial charge in [0.25, 0.3) is 0 Å². The topological polar surface area (TPSA) is 33.2 Å². The number of benzene rings is 1. The minimum Gasteiger partial charge on any atom is -0.370 e. The van der Waals surface area contributed by atoms with Crippen molar-refractivity contribution in [3.63, 3.8) is 0 Å². The zero-order valence-corrected chi connectivity index (χ0v) is 10.8. The quantitative estimate of drug-likeness (QED) is 0.792. The molecule has 0 radical (unpaired) electrons. The number of hydrogen-bond donors (Lipinski definition) is 0. The number of aldehydes is 1. The van der Waals surface area contributed by atoms with Crippen LogP contribution in [0.5, 0.6) is 0 Å². The average molecular weight is 261 g/mol. The van der Waals surface area contributed by atoms with Crippen LogP contribution in [-0.2, 0) is 6.54 Å². The van der Waals surface area contributed by atoms with E-state index in [1.807, 2.05) is 31.4 Å². The lowest BCUT2D eigenvalue weighted by Crippen LogP contribution is -2.16. The number of pyridine rings is 1. The fourth-order valence-electron chi connectivity index (χ4n) is 1.71. The van der Waals surface area contributed by atoms with Gasteiger partial charge >= 0.3 is 0 Å². The molecular weight excluding hydrogens is 248 g/mol. The van der Waals surface area contributed by atoms with E-state index in [0.29, 0.717) is 10.6 Å². The Morgan fingerprint density at radius 1 is 1.39 bits per heavy atom. The fraction of sp³-hybridized carbons (Fsp3) is 0.143. The summed E-state index contributed by atoms with van der Waals surface area (Å²) in [5.74, 6) is 0. The SMILES string of the molecule is CN(Cc1cccnc1)c1ccc(C=O)c(Cl)c1. The summed E-state index contributed by atoms with van der Waals surface area (Å²) in [6, 6.07) is 9.33. The summed E-state index contributed by atoms with van der Waals surface area (Å²) in [6.45, 7) is 0.741. The highest BCUT2D eigenvalue weighted by Gasteiger charge is 2.05. The molecule has 1 heterocycles. The number of anilines is 1. The van der Waals surface area contributed by atoms with Crippen molar-refractivity contribution >= 4 is 23.6 Å². The number of carbonyl (C=O) groups excluding carboxylic acids is 1. The van der Waals surface area contributed by atoms with Gasteiger partial charge in [0.2, 0.25) is 0 Å². The third-order valence-corrected chi connectivity index (χ3v) is 3.02. The van der Waals surface area contributed by atoms with Crippen LogP contribution in [-0.4, -0.2) is 18.3 Å². The van der Waals surface area contributed by atoms with E-state index in [9.17, 15) is 4.79 Å². The van der Waals surface area contributed by atoms with Crippen molar-refractivity contribution in [2.75, 3.05) is 11.9 Å². The highest BCUT2D eigenvalue weighted by atomic mass is 35.5. The van der Waals surface area contributed by atoms with Crippen molar-refractivity contribution in [2.24, 2.45) is 0 Å². The highest BCUT2D eigenvalue weighted by molar-refractivity contribution is 6.33. The van der Waals surface area contributed by atoms with E-state index in [4.69, 9.17) is 11.6 Å². The van der Waals surface area contributed by atoms with Crippen molar-refractivity contribution in [1.82, 2.24) is 4.98 Å². The molecular formula is C14H13ClN2O. The standard InChI is InChI=1S/C14H13ClN2O/c1-17(9-11-3-2-6-16-8-11)13-5-4-12(10-18)14(15)7-13/h2-8,10H,9H2,1H3. The van der Waals surface area contributed by atoms with Crippen molar-refractivity contribution in [3.8, 4) is 0 Å². The van der Waals surface area contributed by atoms with Gasteiger partial charge in [-0.25, -0.2) is 0 Å². The molecule has 3 nitrogen and oxygen atoms in total. The number of rotatable bonds is 4. The largest absolute Gasteiger partial charge is 0.370 e. The second-order valence-electron chi connectivity index (χ2n) is 4.04. The second-order valence-corrected chi connectivity index (χ2v) is 4.45. The first kappa shape index (κ1) is 12.6. The zero-order valence-electron chi connectivity index (χ0n) is 10.0. The van der Waals surface area contributed by atoms with Crippen molar-refractivity contribution in [3.05, 3.63) is 58.9 Å². The molecule has 0 atom stereocenters. The van der Waals surface area contributed by atoms with Gasteiger partial charge in [-0.3, -0.25) is 9.78 Å². The van der Waals surface area contributed by atoms with Crippen molar-refractivity contribution in [2.45, 2.75) is 6.54 Å². The Morgan fingerprint density at radius 3 is 2.83 bits per heavy atom. The molecule has 0 bridgehead atoms. The predicted octanol–water partition coefficient (Wildman–Crippen LogP) is 3.18. The monoisotopic (exact) mass is 260 g/mol. The number of hydrogen-bond acceptors (Lipinski definition) is 3. The molecule has 2 rings (SSSR count). The van der Waals surface area contributed by atoms with Crippen LogP contribution in [0.4, 0.5) is 5.69 Å². The second kappa shape index (κ2) is 5.65. The molecule has 0 aliphatic heterocycles. The molecule has 18 heavy (non-hydrogen) atoms. The molecule has 0 saturated heterocycles. The molecule has 0 amide bonds. The number of nitrogens with zero attached hydrogens (tertiary/aromatic N) is 2. The van der Waals surface area contributed by atoms with Gasteiger partial charge in [0, 0.05) is 37.2 Å². The Morgan fingerprint density at radius 2 is 2.22 bits per heavy atom. The molecule has 0 fully saturated rings. The molecule has 4 heteroatoms. The van der Waals surface area contributed by atoms with Crippen LogP contribution < -0.4 is 4.90 Å². The Bertz CT molecular complexity index is 543. The molecule has 92 valence electrons. The number of halogens is 1. The average Bonchev–Trinajstić information content (AvgIpc) is 2.39. The van der Waals surface area contributed by atoms with Gasteiger partial charge in [-0.2, -0.15) is 0 Å². The van der Waals surface area contributed by atoms with E-state index in [-0.39, 0.29) is 0 Å². The molecule has 0 saturated carbocycles. The summed E-state index contributed by atoms with van der Waals surface area (Å²) in [7, 11) is 1.97. The van der Waals surface area contributed by atoms with Crippen LogP contribution >= 0.6 is 11.6 Å². The summed E-state index contributed by atoms with van der Waals surface area (Å²) in [5.41, 5.74) is 2.60. The molecule has 0 aliphatic carbocycles. The van der Waals surface area contributed by atoms with Crippen LogP contribution in [0, 0.1) is 0 Å². The van der Waals surface area contributed by atoms with Crippen molar-refractivity contribution in [1.29, 1.82) is 0 Å². The molecule has 0 spiro atoms. The van der Waals surface area contributed by atoms with E-state index in [0.717, 1.165) is 24.1 Å². The molecule has 0 aliphatic rings. The van der Waals surface area contributed by atoms with E-state index < -0.39 is 0 Å². The minimum absolute atomic E-state index is 0.473. The summed E-state index contributed by atoms with van der Waals surface area (Å²) >= 11 is 6.01. The highest BCUT2D eigenvalue weighted by Crippen LogP contribution is 2.22. The predicted molar refractivity (Wildman–Crippen MR) is 73.2 cm³/mol. The zero-order chi connectivity index (χ0) is 13.0. The third-order valence-electron chi connectivity index (χ3n) is 2.69. The van der Waals surface area contributed by atoms with E-state index in [1.165, 1.54) is 0 Å². The van der Waals surface area contributed by atoms with Gasteiger partial charge in [0.15, 0.2) is 6.29 Å². The Labute approximate surface area is 111 Å². The Hall–Kier alpha value is -1.87. The maximum absolute atomic E-state index is 10.7. The lowest BCUT2D eigenvalue weighted by molar-refractivity contribution is 0.112. The van der Waals surface area contributed by atoms with E-state index in [2.05, 4.69) is 9.88 Å². The van der Waals surface area contributed by atoms with E-state index in [1.54, 1.807) is 18.3 Å². The minimum atomic E-state index is 0.473. The van der Waals surface area contributed by atoms with Gasteiger partial charge in [-0.15, -0.1) is 0 Å². The summed E-state index contributed by atoms with van der Waals surface area (Å²) in [6.07, 6.45) is 4.34. The first-order valence-corrected chi connectivity index (χ1v) is 5.93. The van der Waals surface area contributed by atoms with Gasteiger partial charge in [-0.05, 0) is 29.8 Å². The molecule has 1 aromatic carbocycles. The Kier molecular flexibility index (Phi) is 3.95. The first-order chi connectivity index (χ1) is 8.70. The van der Waals surface area contributed by atoms with Crippen LogP contribution in [0.3, 0.4) is 0 Å². The molecule has 0 unspecified atom stereocenters. The van der Waals surface area contributed by atoms with E-state index >= 15 is 0 Å². The Balaban J connectivity index is 2.16. The van der Waals surface area contributed by atoms with Crippen LogP contribution in [0.25, 0.3) is 0 Å². The van der Waals surface area contributed by atoms with Crippen molar-refractivity contribution < 1.29 is 4.79 Å². The normalized spacial score (nSPS) is 10.1. The van der Waals surface area contributed by atoms with Crippen LogP contribution in [0.2, 0.25) is 5.02 Å². The maximum atomic E-state index is 10.7. The van der Waals surface area contributed by atoms with Crippen LogP contribution in [0.1, 0.15) is 15.9 Å². The maximum Gasteiger partial charge on any atom is 0.151 e. The van der Waals surface area contributed by atoms with Gasteiger partial charge in [0.1, 0.15) is 0 Å². The molecule has 1 aromatic heterocycles. The summed E-state index contributed by atoms with van der Waals surface area (Å²) in [5, 5.41) is 0.473. The van der Waals surface area contributed by atoms with Gasteiger partial charge in [0.05, 0.1) is 5.02 Å². The lowest BCUT2D eigenvalue weighted by atomic mass is 10.2. The molecule has 0 N–H and O–H groups in total. The van der Waals surface area contributed by atoms with Gasteiger partial charge in [-0.1, -0.05) is 17.7 Å². The van der Waals surface area contributed by atoms with Gasteiger partial charge < -0.3 is 4.90 Å². The first-order valence-electron chi connectivity index (χ1n) is 5.55.